The van der Waals surface area contributed by atoms with E-state index in [1.807, 2.05) is 6.92 Å². The van der Waals surface area contributed by atoms with E-state index in [0.29, 0.717) is 38.3 Å². The second-order valence-corrected chi connectivity index (χ2v) is 4.44. The lowest BCUT2D eigenvalue weighted by molar-refractivity contribution is -0.138. The highest BCUT2D eigenvalue weighted by molar-refractivity contribution is 5.91. The molecule has 0 saturated carbocycles. The summed E-state index contributed by atoms with van der Waals surface area (Å²) in [5.41, 5.74) is 2.41. The van der Waals surface area contributed by atoms with Gasteiger partial charge in [-0.2, -0.15) is 0 Å². The Morgan fingerprint density at radius 2 is 2.21 bits per heavy atom. The summed E-state index contributed by atoms with van der Waals surface area (Å²) in [4.78, 5) is 30.3. The lowest BCUT2D eigenvalue weighted by Gasteiger charge is -2.30. The molecule has 1 aliphatic heterocycles. The van der Waals surface area contributed by atoms with E-state index in [1.54, 1.807) is 17.0 Å². The molecule has 0 spiro atoms. The Kier molecular flexibility index (Phi) is 4.57. The summed E-state index contributed by atoms with van der Waals surface area (Å²) in [6.45, 7) is 3.37. The minimum absolute atomic E-state index is 0.0906. The largest absolute Gasteiger partial charge is 0.459 e. The molecule has 2 rings (SSSR count). The number of nitrogens with zero attached hydrogens (tertiary/aromatic N) is 1. The van der Waals surface area contributed by atoms with Gasteiger partial charge in [0.05, 0.1) is 12.9 Å². The van der Waals surface area contributed by atoms with Crippen molar-refractivity contribution < 1.29 is 18.8 Å². The number of piperidine rings is 1. The average Bonchev–Trinajstić information content (AvgIpc) is 2.98. The van der Waals surface area contributed by atoms with Gasteiger partial charge < -0.3 is 9.32 Å². The van der Waals surface area contributed by atoms with Gasteiger partial charge in [0.2, 0.25) is 5.91 Å². The van der Waals surface area contributed by atoms with E-state index < -0.39 is 0 Å². The number of furan rings is 1. The molecule has 1 saturated heterocycles. The normalized spacial score (nSPS) is 16.4. The maximum atomic E-state index is 12.0. The van der Waals surface area contributed by atoms with Gasteiger partial charge in [0, 0.05) is 19.0 Å². The van der Waals surface area contributed by atoms with Crippen molar-refractivity contribution in [2.75, 3.05) is 19.7 Å². The van der Waals surface area contributed by atoms with Gasteiger partial charge >= 0.3 is 0 Å². The molecule has 19 heavy (non-hydrogen) atoms. The Bertz CT molecular complexity index is 422. The van der Waals surface area contributed by atoms with E-state index in [9.17, 15) is 9.59 Å². The minimum Gasteiger partial charge on any atom is -0.459 e. The monoisotopic (exact) mass is 266 g/mol. The van der Waals surface area contributed by atoms with Crippen LogP contribution in [0.5, 0.6) is 0 Å². The number of likely N-dealkylation sites (tertiary alicyclic amines) is 1. The maximum absolute atomic E-state index is 12.0. The fourth-order valence-electron chi connectivity index (χ4n) is 2.13. The van der Waals surface area contributed by atoms with E-state index >= 15 is 0 Å². The number of amides is 2. The van der Waals surface area contributed by atoms with Crippen LogP contribution in [-0.2, 0) is 9.63 Å². The molecule has 0 aromatic carbocycles. The highest BCUT2D eigenvalue weighted by atomic mass is 16.6. The molecule has 1 aromatic heterocycles. The Hall–Kier alpha value is -1.82. The zero-order chi connectivity index (χ0) is 13.7. The SMILES string of the molecule is CCONC(=O)C1CCN(C(=O)c2ccco2)CC1. The predicted molar refractivity (Wildman–Crippen MR) is 67.1 cm³/mol. The maximum Gasteiger partial charge on any atom is 0.289 e. The summed E-state index contributed by atoms with van der Waals surface area (Å²) in [5, 5.41) is 0. The molecule has 1 aromatic rings. The van der Waals surface area contributed by atoms with Crippen LogP contribution in [0.1, 0.15) is 30.3 Å². The molecule has 104 valence electrons. The van der Waals surface area contributed by atoms with E-state index in [1.165, 1.54) is 6.26 Å². The number of carbonyl (C=O) groups excluding carboxylic acids is 2. The molecular weight excluding hydrogens is 248 g/mol. The fraction of sp³-hybridized carbons (Fsp3) is 0.538. The molecule has 6 heteroatoms. The van der Waals surface area contributed by atoms with Crippen LogP contribution < -0.4 is 5.48 Å². The van der Waals surface area contributed by atoms with Crippen LogP contribution in [0.4, 0.5) is 0 Å². The number of rotatable bonds is 4. The predicted octanol–water partition coefficient (Wildman–Crippen LogP) is 1.20. The van der Waals surface area contributed by atoms with Crippen molar-refractivity contribution in [1.82, 2.24) is 10.4 Å². The van der Waals surface area contributed by atoms with Gasteiger partial charge in [-0.05, 0) is 31.9 Å². The van der Waals surface area contributed by atoms with Crippen molar-refractivity contribution in [3.05, 3.63) is 24.2 Å². The number of hydroxylamine groups is 1. The Balaban J connectivity index is 1.82. The van der Waals surface area contributed by atoms with E-state index in [2.05, 4.69) is 5.48 Å². The number of carbonyl (C=O) groups is 2. The topological polar surface area (TPSA) is 71.8 Å². The smallest absolute Gasteiger partial charge is 0.289 e. The van der Waals surface area contributed by atoms with E-state index in [0.717, 1.165) is 0 Å². The van der Waals surface area contributed by atoms with Crippen molar-refractivity contribution >= 4 is 11.8 Å². The van der Waals surface area contributed by atoms with Crippen molar-refractivity contribution in [1.29, 1.82) is 0 Å². The zero-order valence-electron chi connectivity index (χ0n) is 10.9. The first-order valence-corrected chi connectivity index (χ1v) is 6.46. The third-order valence-corrected chi connectivity index (χ3v) is 3.20. The molecule has 2 amide bonds. The Labute approximate surface area is 111 Å². The highest BCUT2D eigenvalue weighted by Crippen LogP contribution is 2.19. The molecule has 0 aliphatic carbocycles. The molecule has 0 bridgehead atoms. The molecule has 2 heterocycles. The number of hydrogen-bond donors (Lipinski definition) is 1. The van der Waals surface area contributed by atoms with Gasteiger partial charge in [0.25, 0.3) is 5.91 Å². The van der Waals surface area contributed by atoms with Gasteiger partial charge in [-0.15, -0.1) is 0 Å². The van der Waals surface area contributed by atoms with Crippen LogP contribution >= 0.6 is 0 Å². The Morgan fingerprint density at radius 1 is 1.47 bits per heavy atom. The third-order valence-electron chi connectivity index (χ3n) is 3.20. The molecule has 1 fully saturated rings. The van der Waals surface area contributed by atoms with Gasteiger partial charge in [0.15, 0.2) is 5.76 Å². The second kappa shape index (κ2) is 6.38. The Morgan fingerprint density at radius 3 is 2.79 bits per heavy atom. The van der Waals surface area contributed by atoms with Crippen LogP contribution in [0.3, 0.4) is 0 Å². The average molecular weight is 266 g/mol. The van der Waals surface area contributed by atoms with Gasteiger partial charge in [-0.1, -0.05) is 0 Å². The lowest BCUT2D eigenvalue weighted by Crippen LogP contribution is -2.43. The van der Waals surface area contributed by atoms with Crippen molar-refractivity contribution in [2.24, 2.45) is 5.92 Å². The quantitative estimate of drug-likeness (QED) is 0.831. The zero-order valence-corrected chi connectivity index (χ0v) is 10.9. The van der Waals surface area contributed by atoms with Crippen molar-refractivity contribution in [3.8, 4) is 0 Å². The fourth-order valence-corrected chi connectivity index (χ4v) is 2.13. The molecule has 1 N–H and O–H groups in total. The van der Waals surface area contributed by atoms with Gasteiger partial charge in [-0.25, -0.2) is 5.48 Å². The summed E-state index contributed by atoms with van der Waals surface area (Å²) >= 11 is 0. The van der Waals surface area contributed by atoms with E-state index in [-0.39, 0.29) is 17.7 Å². The van der Waals surface area contributed by atoms with E-state index in [4.69, 9.17) is 9.25 Å². The van der Waals surface area contributed by atoms with Crippen LogP contribution in [0.2, 0.25) is 0 Å². The first kappa shape index (κ1) is 13.6. The number of hydrogen-bond acceptors (Lipinski definition) is 4. The highest BCUT2D eigenvalue weighted by Gasteiger charge is 2.28. The number of nitrogens with one attached hydrogen (secondary N) is 1. The van der Waals surface area contributed by atoms with Crippen molar-refractivity contribution in [2.45, 2.75) is 19.8 Å². The molecule has 0 atom stereocenters. The standard InChI is InChI=1S/C13H18N2O4/c1-2-19-14-12(16)10-5-7-15(8-6-10)13(17)11-4-3-9-18-11/h3-4,9-10H,2,5-8H2,1H3,(H,14,16). The molecular formula is C13H18N2O4. The summed E-state index contributed by atoms with van der Waals surface area (Å²) in [7, 11) is 0. The summed E-state index contributed by atoms with van der Waals surface area (Å²) in [6.07, 6.45) is 2.77. The first-order valence-electron chi connectivity index (χ1n) is 6.46. The summed E-state index contributed by atoms with van der Waals surface area (Å²) in [5.74, 6) is 0.0324. The minimum atomic E-state index is -0.117. The lowest BCUT2D eigenvalue weighted by atomic mass is 9.96. The second-order valence-electron chi connectivity index (χ2n) is 4.44. The molecule has 0 unspecified atom stereocenters. The van der Waals surface area contributed by atoms with Crippen LogP contribution in [0, 0.1) is 5.92 Å². The van der Waals surface area contributed by atoms with Crippen LogP contribution in [0.15, 0.2) is 22.8 Å². The van der Waals surface area contributed by atoms with Gasteiger partial charge in [0.1, 0.15) is 0 Å². The summed E-state index contributed by atoms with van der Waals surface area (Å²) < 4.78 is 5.09. The molecule has 1 aliphatic rings. The molecule has 6 nitrogen and oxygen atoms in total. The summed E-state index contributed by atoms with van der Waals surface area (Å²) in [6, 6.07) is 3.34. The molecule has 0 radical (unpaired) electrons. The van der Waals surface area contributed by atoms with Gasteiger partial charge in [-0.3, -0.25) is 14.4 Å². The van der Waals surface area contributed by atoms with Crippen molar-refractivity contribution in [3.63, 3.8) is 0 Å². The van der Waals surface area contributed by atoms with Crippen LogP contribution in [0.25, 0.3) is 0 Å². The first-order chi connectivity index (χ1) is 9.22. The van der Waals surface area contributed by atoms with Crippen LogP contribution in [-0.4, -0.2) is 36.4 Å². The third kappa shape index (κ3) is 3.35.